The Morgan fingerprint density at radius 3 is 2.12 bits per heavy atom. The lowest BCUT2D eigenvalue weighted by Gasteiger charge is -2.33. The zero-order valence-electron chi connectivity index (χ0n) is 18.5. The zero-order chi connectivity index (χ0) is 22.5. The van der Waals surface area contributed by atoms with E-state index in [1.165, 1.54) is 15.8 Å². The number of benzene rings is 3. The van der Waals surface area contributed by atoms with Crippen LogP contribution < -0.4 is 11.0 Å². The van der Waals surface area contributed by atoms with Crippen molar-refractivity contribution in [1.82, 2.24) is 9.66 Å². The largest absolute Gasteiger partial charge is 0.385 e. The maximum Gasteiger partial charge on any atom is 0.280 e. The Morgan fingerprint density at radius 1 is 0.938 bits per heavy atom. The number of aromatic nitrogens is 2. The Bertz CT molecular complexity index is 1320. The predicted molar refractivity (Wildman–Crippen MR) is 127 cm³/mol. The molecule has 0 amide bonds. The standard InChI is InChI=1S/C27H27N3O2/c1-27(2,3)24(31)25-28-22-15-9-8-14-21(22)26(32)30(25)29-23-19-12-6-4-10-17(19)16-18-11-5-7-13-20(18)23/h4-15,23-24,29,31H,16H2,1-3H3. The molecule has 3 aromatic carbocycles. The molecule has 0 aliphatic heterocycles. The first-order valence-electron chi connectivity index (χ1n) is 11.0. The molecule has 0 fully saturated rings. The third kappa shape index (κ3) is 3.39. The summed E-state index contributed by atoms with van der Waals surface area (Å²) in [6.45, 7) is 5.82. The SMILES string of the molecule is CC(C)(C)C(O)c1nc2ccccc2c(=O)n1NC1c2ccccc2Cc2ccccc21. The van der Waals surface area contributed by atoms with Crippen LogP contribution >= 0.6 is 0 Å². The molecular formula is C27H27N3O2. The van der Waals surface area contributed by atoms with Gasteiger partial charge >= 0.3 is 0 Å². The summed E-state index contributed by atoms with van der Waals surface area (Å²) in [6, 6.07) is 23.6. The molecule has 1 aliphatic carbocycles. The molecule has 0 bridgehead atoms. The molecule has 32 heavy (non-hydrogen) atoms. The van der Waals surface area contributed by atoms with Crippen LogP contribution in [0.3, 0.4) is 0 Å². The smallest absolute Gasteiger partial charge is 0.280 e. The van der Waals surface area contributed by atoms with Crippen molar-refractivity contribution in [2.75, 3.05) is 5.43 Å². The summed E-state index contributed by atoms with van der Waals surface area (Å²) in [7, 11) is 0. The fraction of sp³-hybridized carbons (Fsp3) is 0.259. The molecule has 2 N–H and O–H groups in total. The highest BCUT2D eigenvalue weighted by molar-refractivity contribution is 5.77. The van der Waals surface area contributed by atoms with E-state index >= 15 is 0 Å². The summed E-state index contributed by atoms with van der Waals surface area (Å²) in [5.74, 6) is 0.321. The van der Waals surface area contributed by atoms with E-state index in [-0.39, 0.29) is 11.6 Å². The van der Waals surface area contributed by atoms with E-state index in [1.807, 2.05) is 63.2 Å². The summed E-state index contributed by atoms with van der Waals surface area (Å²) in [5, 5.41) is 11.7. The van der Waals surface area contributed by atoms with E-state index in [0.717, 1.165) is 17.5 Å². The van der Waals surface area contributed by atoms with E-state index < -0.39 is 11.5 Å². The van der Waals surface area contributed by atoms with Gasteiger partial charge in [0.05, 0.1) is 16.9 Å². The predicted octanol–water partition coefficient (Wildman–Crippen LogP) is 4.71. The van der Waals surface area contributed by atoms with Crippen molar-refractivity contribution in [3.8, 4) is 0 Å². The molecule has 5 rings (SSSR count). The molecule has 0 saturated heterocycles. The fourth-order valence-electron chi connectivity index (χ4n) is 4.44. The molecule has 1 atom stereocenters. The number of hydrogen-bond acceptors (Lipinski definition) is 4. The topological polar surface area (TPSA) is 67.2 Å². The van der Waals surface area contributed by atoms with Gasteiger partial charge in [-0.15, -0.1) is 0 Å². The number of aliphatic hydroxyl groups excluding tert-OH is 1. The Morgan fingerprint density at radius 2 is 1.50 bits per heavy atom. The van der Waals surface area contributed by atoms with Crippen molar-refractivity contribution in [2.45, 2.75) is 39.3 Å². The van der Waals surface area contributed by atoms with E-state index in [4.69, 9.17) is 4.98 Å². The number of hydrogen-bond donors (Lipinski definition) is 2. The average Bonchev–Trinajstić information content (AvgIpc) is 2.79. The van der Waals surface area contributed by atoms with Crippen LogP contribution in [0.2, 0.25) is 0 Å². The first kappa shape index (κ1) is 20.5. The van der Waals surface area contributed by atoms with Crippen LogP contribution in [0.1, 0.15) is 61.0 Å². The highest BCUT2D eigenvalue weighted by Gasteiger charge is 2.31. The molecule has 1 unspecified atom stereocenters. The minimum Gasteiger partial charge on any atom is -0.385 e. The number of nitrogens with one attached hydrogen (secondary N) is 1. The van der Waals surface area contributed by atoms with Crippen molar-refractivity contribution in [3.63, 3.8) is 0 Å². The lowest BCUT2D eigenvalue weighted by atomic mass is 9.83. The minimum absolute atomic E-state index is 0.213. The van der Waals surface area contributed by atoms with Crippen LogP contribution in [0.25, 0.3) is 10.9 Å². The monoisotopic (exact) mass is 425 g/mol. The highest BCUT2D eigenvalue weighted by Crippen LogP contribution is 2.36. The lowest BCUT2D eigenvalue weighted by molar-refractivity contribution is 0.0517. The Kier molecular flexibility index (Phi) is 4.86. The van der Waals surface area contributed by atoms with E-state index in [1.54, 1.807) is 6.07 Å². The van der Waals surface area contributed by atoms with Gasteiger partial charge in [0, 0.05) is 0 Å². The van der Waals surface area contributed by atoms with Gasteiger partial charge in [0.2, 0.25) is 0 Å². The summed E-state index contributed by atoms with van der Waals surface area (Å²) < 4.78 is 1.46. The van der Waals surface area contributed by atoms with E-state index in [0.29, 0.717) is 16.7 Å². The number of fused-ring (bicyclic) bond motifs is 3. The zero-order valence-corrected chi connectivity index (χ0v) is 18.5. The van der Waals surface area contributed by atoms with Gasteiger partial charge in [0.1, 0.15) is 6.10 Å². The van der Waals surface area contributed by atoms with Gasteiger partial charge < -0.3 is 10.5 Å². The average molecular weight is 426 g/mol. The summed E-state index contributed by atoms with van der Waals surface area (Å²) >= 11 is 0. The van der Waals surface area contributed by atoms with Crippen LogP contribution in [-0.2, 0) is 6.42 Å². The summed E-state index contributed by atoms with van der Waals surface area (Å²) in [4.78, 5) is 18.4. The molecule has 4 aromatic rings. The number of aliphatic hydroxyl groups is 1. The number of nitrogens with zero attached hydrogens (tertiary/aromatic N) is 2. The maximum absolute atomic E-state index is 13.6. The van der Waals surface area contributed by atoms with Gasteiger partial charge in [-0.1, -0.05) is 81.4 Å². The van der Waals surface area contributed by atoms with Crippen LogP contribution in [0.4, 0.5) is 0 Å². The summed E-state index contributed by atoms with van der Waals surface area (Å²) in [5.41, 5.74) is 8.04. The van der Waals surface area contributed by atoms with Crippen molar-refractivity contribution >= 4 is 10.9 Å². The van der Waals surface area contributed by atoms with E-state index in [9.17, 15) is 9.90 Å². The van der Waals surface area contributed by atoms with Crippen LogP contribution in [-0.4, -0.2) is 14.8 Å². The van der Waals surface area contributed by atoms with E-state index in [2.05, 4.69) is 29.7 Å². The normalized spacial score (nSPS) is 14.6. The van der Waals surface area contributed by atoms with Gasteiger partial charge in [-0.3, -0.25) is 4.79 Å². The molecule has 1 aromatic heterocycles. The van der Waals surface area contributed by atoms with Crippen LogP contribution in [0, 0.1) is 5.41 Å². The van der Waals surface area contributed by atoms with Crippen LogP contribution in [0.5, 0.6) is 0 Å². The highest BCUT2D eigenvalue weighted by atomic mass is 16.3. The Balaban J connectivity index is 1.73. The number of para-hydroxylation sites is 1. The quantitative estimate of drug-likeness (QED) is 0.499. The third-order valence-electron chi connectivity index (χ3n) is 6.24. The number of rotatable bonds is 3. The maximum atomic E-state index is 13.6. The van der Waals surface area contributed by atoms with Crippen molar-refractivity contribution in [3.05, 3.63) is 111 Å². The third-order valence-corrected chi connectivity index (χ3v) is 6.24. The first-order chi connectivity index (χ1) is 15.3. The molecule has 0 spiro atoms. The van der Waals surface area contributed by atoms with Gasteiger partial charge in [0.15, 0.2) is 5.82 Å². The van der Waals surface area contributed by atoms with Gasteiger partial charge in [0.25, 0.3) is 5.56 Å². The summed E-state index contributed by atoms with van der Waals surface area (Å²) in [6.07, 6.45) is -0.0752. The molecule has 162 valence electrons. The van der Waals surface area contributed by atoms with Gasteiger partial charge in [-0.05, 0) is 46.2 Å². The second kappa shape index (κ2) is 7.61. The fourth-order valence-corrected chi connectivity index (χ4v) is 4.44. The molecule has 5 nitrogen and oxygen atoms in total. The second-order valence-corrected chi connectivity index (χ2v) is 9.53. The lowest BCUT2D eigenvalue weighted by Crippen LogP contribution is -2.39. The Hall–Kier alpha value is -3.44. The Labute approximate surface area is 187 Å². The van der Waals surface area contributed by atoms with Gasteiger partial charge in [-0.25, -0.2) is 9.66 Å². The van der Waals surface area contributed by atoms with Gasteiger partial charge in [-0.2, -0.15) is 0 Å². The van der Waals surface area contributed by atoms with Crippen molar-refractivity contribution < 1.29 is 5.11 Å². The molecular weight excluding hydrogens is 398 g/mol. The molecule has 0 saturated carbocycles. The molecule has 0 radical (unpaired) electrons. The second-order valence-electron chi connectivity index (χ2n) is 9.53. The molecule has 5 heteroatoms. The minimum atomic E-state index is -0.929. The van der Waals surface area contributed by atoms with Crippen LogP contribution in [0.15, 0.2) is 77.6 Å². The molecule has 1 aliphatic rings. The first-order valence-corrected chi connectivity index (χ1v) is 11.0. The molecule has 1 heterocycles. The van der Waals surface area contributed by atoms with Crippen molar-refractivity contribution in [2.24, 2.45) is 5.41 Å². The van der Waals surface area contributed by atoms with Crippen molar-refractivity contribution in [1.29, 1.82) is 0 Å².